The Bertz CT molecular complexity index is 733. The number of hydrogen-bond acceptors (Lipinski definition) is 5. The van der Waals surface area contributed by atoms with E-state index in [1.54, 1.807) is 30.3 Å². The van der Waals surface area contributed by atoms with Gasteiger partial charge >= 0.3 is 0 Å². The fraction of sp³-hybridized carbons (Fsp3) is 0.167. The Morgan fingerprint density at radius 1 is 1.04 bits per heavy atom. The molecule has 24 heavy (non-hydrogen) atoms. The van der Waals surface area contributed by atoms with Crippen molar-refractivity contribution in [2.24, 2.45) is 0 Å². The van der Waals surface area contributed by atoms with Crippen LogP contribution in [0.3, 0.4) is 0 Å². The van der Waals surface area contributed by atoms with E-state index in [0.29, 0.717) is 22.8 Å². The molecule has 2 rings (SSSR count). The quantitative estimate of drug-likeness (QED) is 0.620. The van der Waals surface area contributed by atoms with Gasteiger partial charge in [0, 0.05) is 17.8 Å². The van der Waals surface area contributed by atoms with Gasteiger partial charge in [0.05, 0.1) is 27.0 Å². The molecule has 0 bridgehead atoms. The van der Waals surface area contributed by atoms with Gasteiger partial charge in [0.15, 0.2) is 17.3 Å². The van der Waals surface area contributed by atoms with E-state index < -0.39 is 5.82 Å². The van der Waals surface area contributed by atoms with Gasteiger partial charge in [0.1, 0.15) is 5.82 Å². The van der Waals surface area contributed by atoms with Gasteiger partial charge in [0.25, 0.3) is 0 Å². The summed E-state index contributed by atoms with van der Waals surface area (Å²) in [5, 5.41) is 2.73. The average molecular weight is 331 g/mol. The third-order valence-corrected chi connectivity index (χ3v) is 3.30. The number of rotatable bonds is 7. The molecule has 2 aromatic rings. The van der Waals surface area contributed by atoms with Crippen LogP contribution < -0.4 is 19.5 Å². The molecule has 0 unspecified atom stereocenters. The molecule has 0 spiro atoms. The summed E-state index contributed by atoms with van der Waals surface area (Å²) in [6.45, 7) is 0. The number of methoxy groups -OCH3 is 3. The summed E-state index contributed by atoms with van der Waals surface area (Å²) in [6.07, 6.45) is 2.68. The van der Waals surface area contributed by atoms with Crippen LogP contribution in [-0.2, 0) is 0 Å². The molecule has 2 aromatic carbocycles. The molecule has 0 aromatic heterocycles. The first-order valence-electron chi connectivity index (χ1n) is 7.12. The predicted molar refractivity (Wildman–Crippen MR) is 89.6 cm³/mol. The lowest BCUT2D eigenvalue weighted by Gasteiger charge is -2.13. The third-order valence-electron chi connectivity index (χ3n) is 3.30. The smallest absolute Gasteiger partial charge is 0.203 e. The van der Waals surface area contributed by atoms with Crippen LogP contribution in [0.25, 0.3) is 0 Å². The van der Waals surface area contributed by atoms with Crippen LogP contribution in [0.2, 0.25) is 0 Å². The van der Waals surface area contributed by atoms with Gasteiger partial charge in [-0.2, -0.15) is 0 Å². The summed E-state index contributed by atoms with van der Waals surface area (Å²) in [7, 11) is 4.43. The molecule has 0 saturated heterocycles. The molecule has 0 heterocycles. The highest BCUT2D eigenvalue weighted by atomic mass is 19.1. The highest BCUT2D eigenvalue weighted by Crippen LogP contribution is 2.38. The van der Waals surface area contributed by atoms with E-state index in [1.807, 2.05) is 0 Å². The molecule has 0 aliphatic rings. The molecule has 0 radical (unpaired) electrons. The highest BCUT2D eigenvalue weighted by molar-refractivity contribution is 6.05. The second-order valence-corrected chi connectivity index (χ2v) is 4.74. The minimum Gasteiger partial charge on any atom is -0.493 e. The maximum absolute atomic E-state index is 13.5. The second kappa shape index (κ2) is 8.01. The molecule has 0 aliphatic heterocycles. The number of ketones is 1. The Hall–Kier alpha value is -3.02. The standard InChI is InChI=1S/C18H18FNO4/c1-22-16-10-12(11-17(23-2)18(16)24-3)15(21)8-9-20-14-7-5-4-6-13(14)19/h4-11,20H,1-3H3/b9-8+. The molecule has 0 saturated carbocycles. The summed E-state index contributed by atoms with van der Waals surface area (Å²) in [5.41, 5.74) is 0.641. The van der Waals surface area contributed by atoms with Crippen molar-refractivity contribution >= 4 is 11.5 Å². The number of para-hydroxylation sites is 1. The van der Waals surface area contributed by atoms with Crippen molar-refractivity contribution in [1.29, 1.82) is 0 Å². The van der Waals surface area contributed by atoms with Crippen molar-refractivity contribution in [1.82, 2.24) is 0 Å². The lowest BCUT2D eigenvalue weighted by atomic mass is 10.1. The Balaban J connectivity index is 2.20. The first-order valence-corrected chi connectivity index (χ1v) is 7.12. The van der Waals surface area contributed by atoms with Crippen LogP contribution in [0, 0.1) is 5.82 Å². The number of halogens is 1. The molecule has 1 N–H and O–H groups in total. The molecule has 5 nitrogen and oxygen atoms in total. The molecule has 126 valence electrons. The number of carbonyl (C=O) groups excluding carboxylic acids is 1. The lowest BCUT2D eigenvalue weighted by molar-refractivity contribution is 0.104. The van der Waals surface area contributed by atoms with Gasteiger partial charge in [-0.3, -0.25) is 4.79 Å². The minimum atomic E-state index is -0.401. The zero-order chi connectivity index (χ0) is 17.5. The molecular weight excluding hydrogens is 313 g/mol. The second-order valence-electron chi connectivity index (χ2n) is 4.74. The maximum Gasteiger partial charge on any atom is 0.203 e. The van der Waals surface area contributed by atoms with E-state index in [0.717, 1.165) is 0 Å². The Kier molecular flexibility index (Phi) is 5.78. The fourth-order valence-electron chi connectivity index (χ4n) is 2.10. The summed E-state index contributed by atoms with van der Waals surface area (Å²) in [4.78, 5) is 12.3. The minimum absolute atomic E-state index is 0.284. The number of anilines is 1. The van der Waals surface area contributed by atoms with E-state index in [9.17, 15) is 9.18 Å². The monoisotopic (exact) mass is 331 g/mol. The summed E-state index contributed by atoms with van der Waals surface area (Å²) in [5.74, 6) is 0.483. The van der Waals surface area contributed by atoms with Crippen molar-refractivity contribution in [2.75, 3.05) is 26.6 Å². The summed E-state index contributed by atoms with van der Waals surface area (Å²) in [6, 6.07) is 9.29. The zero-order valence-electron chi connectivity index (χ0n) is 13.6. The topological polar surface area (TPSA) is 56.8 Å². The Morgan fingerprint density at radius 3 is 2.21 bits per heavy atom. The van der Waals surface area contributed by atoms with Crippen molar-refractivity contribution in [3.8, 4) is 17.2 Å². The Morgan fingerprint density at radius 2 is 1.67 bits per heavy atom. The molecular formula is C18H18FNO4. The zero-order valence-corrected chi connectivity index (χ0v) is 13.6. The molecule has 0 atom stereocenters. The van der Waals surface area contributed by atoms with Gasteiger partial charge in [-0.1, -0.05) is 12.1 Å². The molecule has 0 fully saturated rings. The van der Waals surface area contributed by atoms with Crippen molar-refractivity contribution in [3.63, 3.8) is 0 Å². The number of nitrogens with one attached hydrogen (secondary N) is 1. The maximum atomic E-state index is 13.5. The number of ether oxygens (including phenoxy) is 3. The van der Waals surface area contributed by atoms with Gasteiger partial charge < -0.3 is 19.5 Å². The van der Waals surface area contributed by atoms with E-state index in [2.05, 4.69) is 5.32 Å². The summed E-state index contributed by atoms with van der Waals surface area (Å²) >= 11 is 0. The van der Waals surface area contributed by atoms with Crippen LogP contribution in [0.4, 0.5) is 10.1 Å². The van der Waals surface area contributed by atoms with Gasteiger partial charge in [0.2, 0.25) is 5.75 Å². The fourth-order valence-corrected chi connectivity index (χ4v) is 2.10. The van der Waals surface area contributed by atoms with E-state index >= 15 is 0 Å². The predicted octanol–water partition coefficient (Wildman–Crippen LogP) is 3.66. The van der Waals surface area contributed by atoms with Crippen LogP contribution in [0.15, 0.2) is 48.7 Å². The van der Waals surface area contributed by atoms with Crippen molar-refractivity contribution in [2.45, 2.75) is 0 Å². The van der Waals surface area contributed by atoms with E-state index in [1.165, 1.54) is 39.7 Å². The van der Waals surface area contributed by atoms with E-state index in [4.69, 9.17) is 14.2 Å². The molecule has 0 aliphatic carbocycles. The lowest BCUT2D eigenvalue weighted by Crippen LogP contribution is -2.01. The van der Waals surface area contributed by atoms with Crippen LogP contribution in [0.5, 0.6) is 17.2 Å². The van der Waals surface area contributed by atoms with Gasteiger partial charge in [-0.25, -0.2) is 4.39 Å². The molecule has 0 amide bonds. The number of benzene rings is 2. The average Bonchev–Trinajstić information content (AvgIpc) is 2.61. The number of allylic oxidation sites excluding steroid dienone is 1. The third kappa shape index (κ3) is 3.84. The number of carbonyl (C=O) groups is 1. The van der Waals surface area contributed by atoms with E-state index in [-0.39, 0.29) is 11.5 Å². The van der Waals surface area contributed by atoms with Crippen LogP contribution >= 0.6 is 0 Å². The SMILES string of the molecule is COc1cc(C(=O)/C=C/Nc2ccccc2F)cc(OC)c1OC. The highest BCUT2D eigenvalue weighted by Gasteiger charge is 2.15. The summed E-state index contributed by atoms with van der Waals surface area (Å²) < 4.78 is 29.1. The van der Waals surface area contributed by atoms with Gasteiger partial charge in [-0.15, -0.1) is 0 Å². The Labute approximate surface area is 139 Å². The van der Waals surface area contributed by atoms with Crippen LogP contribution in [-0.4, -0.2) is 27.1 Å². The first-order chi connectivity index (χ1) is 11.6. The first kappa shape index (κ1) is 17.3. The van der Waals surface area contributed by atoms with Gasteiger partial charge in [-0.05, 0) is 24.3 Å². The number of hydrogen-bond donors (Lipinski definition) is 1. The normalized spacial score (nSPS) is 10.5. The van der Waals surface area contributed by atoms with Crippen LogP contribution in [0.1, 0.15) is 10.4 Å². The largest absolute Gasteiger partial charge is 0.493 e. The van der Waals surface area contributed by atoms with Crippen molar-refractivity contribution in [3.05, 3.63) is 60.1 Å². The van der Waals surface area contributed by atoms with Crippen molar-refractivity contribution < 1.29 is 23.4 Å². The molecule has 6 heteroatoms.